The van der Waals surface area contributed by atoms with Crippen molar-refractivity contribution >= 4 is 33.2 Å². The summed E-state index contributed by atoms with van der Waals surface area (Å²) in [6, 6.07) is 17.1. The maximum atomic E-state index is 13.3. The SMILES string of the molecule is CN(CC(=O)Nc1cccc(F)c1)C(=O)c1cccc(S(=O)(=O)N2CCN(c3ccc(F)cc3)CC2)c1. The van der Waals surface area contributed by atoms with Gasteiger partial charge in [0, 0.05) is 50.2 Å². The maximum absolute atomic E-state index is 13.3. The van der Waals surface area contributed by atoms with Crippen LogP contribution >= 0.6 is 0 Å². The summed E-state index contributed by atoms with van der Waals surface area (Å²) in [6.07, 6.45) is 0. The van der Waals surface area contributed by atoms with Crippen molar-refractivity contribution < 1.29 is 26.8 Å². The second kappa shape index (κ2) is 11.1. The Morgan fingerprint density at radius 3 is 2.24 bits per heavy atom. The molecule has 0 atom stereocenters. The molecule has 37 heavy (non-hydrogen) atoms. The summed E-state index contributed by atoms with van der Waals surface area (Å²) in [7, 11) is -2.44. The van der Waals surface area contributed by atoms with Crippen LogP contribution in [0.5, 0.6) is 0 Å². The van der Waals surface area contributed by atoms with E-state index in [2.05, 4.69) is 5.32 Å². The highest BCUT2D eigenvalue weighted by Crippen LogP contribution is 2.22. The Bertz CT molecular complexity index is 1390. The molecule has 2 amide bonds. The zero-order valence-electron chi connectivity index (χ0n) is 20.1. The lowest BCUT2D eigenvalue weighted by atomic mass is 10.2. The van der Waals surface area contributed by atoms with Gasteiger partial charge in [-0.05, 0) is 60.7 Å². The molecule has 4 rings (SSSR count). The van der Waals surface area contributed by atoms with Gasteiger partial charge in [0.05, 0.1) is 11.4 Å². The molecule has 1 N–H and O–H groups in total. The second-order valence-electron chi connectivity index (χ2n) is 8.62. The third-order valence-corrected chi connectivity index (χ3v) is 7.88. The monoisotopic (exact) mass is 528 g/mol. The number of carbonyl (C=O) groups is 2. The number of nitrogens with zero attached hydrogens (tertiary/aromatic N) is 3. The highest BCUT2D eigenvalue weighted by molar-refractivity contribution is 7.89. The van der Waals surface area contributed by atoms with E-state index >= 15 is 0 Å². The number of likely N-dealkylation sites (N-methyl/N-ethyl adjacent to an activating group) is 1. The number of amides is 2. The van der Waals surface area contributed by atoms with Crippen molar-refractivity contribution in [2.45, 2.75) is 4.90 Å². The molecule has 0 radical (unpaired) electrons. The van der Waals surface area contributed by atoms with Crippen LogP contribution in [0.4, 0.5) is 20.2 Å². The standard InChI is InChI=1S/C26H26F2N4O4S/c1-30(18-25(33)29-22-6-3-5-21(28)17-22)26(34)19-4-2-7-24(16-19)37(35,36)32-14-12-31(13-15-32)23-10-8-20(27)9-11-23/h2-11,16-17H,12-15,18H2,1H3,(H,29,33). The Morgan fingerprint density at radius 1 is 0.892 bits per heavy atom. The Labute approximate surface area is 214 Å². The van der Waals surface area contributed by atoms with Crippen LogP contribution in [0.2, 0.25) is 0 Å². The van der Waals surface area contributed by atoms with E-state index in [1.807, 2.05) is 4.90 Å². The number of sulfonamides is 1. The van der Waals surface area contributed by atoms with Crippen LogP contribution in [0.25, 0.3) is 0 Å². The van der Waals surface area contributed by atoms with E-state index in [-0.39, 0.29) is 41.6 Å². The summed E-state index contributed by atoms with van der Waals surface area (Å²) < 4.78 is 54.4. The van der Waals surface area contributed by atoms with Gasteiger partial charge in [0.25, 0.3) is 5.91 Å². The fourth-order valence-corrected chi connectivity index (χ4v) is 5.52. The molecule has 0 spiro atoms. The number of hydrogen-bond donors (Lipinski definition) is 1. The molecule has 1 fully saturated rings. The number of benzene rings is 3. The number of piperazine rings is 1. The average Bonchev–Trinajstić information content (AvgIpc) is 2.88. The smallest absolute Gasteiger partial charge is 0.254 e. The van der Waals surface area contributed by atoms with Gasteiger partial charge >= 0.3 is 0 Å². The topological polar surface area (TPSA) is 90.0 Å². The van der Waals surface area contributed by atoms with Crippen LogP contribution in [-0.4, -0.2) is 69.2 Å². The predicted molar refractivity (Wildman–Crippen MR) is 136 cm³/mol. The first-order valence-electron chi connectivity index (χ1n) is 11.5. The summed E-state index contributed by atoms with van der Waals surface area (Å²) in [4.78, 5) is 28.3. The number of hydrogen-bond acceptors (Lipinski definition) is 5. The Morgan fingerprint density at radius 2 is 1.57 bits per heavy atom. The van der Waals surface area contributed by atoms with Crippen LogP contribution in [-0.2, 0) is 14.8 Å². The lowest BCUT2D eigenvalue weighted by molar-refractivity contribution is -0.116. The minimum atomic E-state index is -3.86. The van der Waals surface area contributed by atoms with Crippen molar-refractivity contribution in [3.63, 3.8) is 0 Å². The molecule has 1 aliphatic heterocycles. The number of anilines is 2. The third kappa shape index (κ3) is 6.30. The Kier molecular flexibility index (Phi) is 7.84. The van der Waals surface area contributed by atoms with Gasteiger partial charge in [-0.2, -0.15) is 4.31 Å². The van der Waals surface area contributed by atoms with Crippen LogP contribution in [0.3, 0.4) is 0 Å². The molecule has 1 saturated heterocycles. The molecule has 3 aromatic rings. The van der Waals surface area contributed by atoms with Gasteiger partial charge < -0.3 is 15.1 Å². The molecule has 194 valence electrons. The first-order chi connectivity index (χ1) is 17.6. The van der Waals surface area contributed by atoms with E-state index in [4.69, 9.17) is 0 Å². The van der Waals surface area contributed by atoms with E-state index in [1.54, 1.807) is 12.1 Å². The summed E-state index contributed by atoms with van der Waals surface area (Å²) in [6.45, 7) is 1.03. The molecular weight excluding hydrogens is 502 g/mol. The van der Waals surface area contributed by atoms with Crippen LogP contribution < -0.4 is 10.2 Å². The predicted octanol–water partition coefficient (Wildman–Crippen LogP) is 3.19. The number of rotatable bonds is 7. The average molecular weight is 529 g/mol. The molecular formula is C26H26F2N4O4S. The molecule has 1 heterocycles. The van der Waals surface area contributed by atoms with Gasteiger partial charge in [-0.25, -0.2) is 17.2 Å². The largest absolute Gasteiger partial charge is 0.369 e. The van der Waals surface area contributed by atoms with E-state index in [9.17, 15) is 26.8 Å². The number of halogens is 2. The minimum absolute atomic E-state index is 0.0220. The zero-order valence-corrected chi connectivity index (χ0v) is 20.9. The molecule has 3 aromatic carbocycles. The first-order valence-corrected chi connectivity index (χ1v) is 13.0. The van der Waals surface area contributed by atoms with Crippen molar-refractivity contribution in [1.82, 2.24) is 9.21 Å². The second-order valence-corrected chi connectivity index (χ2v) is 10.6. The fourth-order valence-electron chi connectivity index (χ4n) is 4.05. The number of carbonyl (C=O) groups excluding carboxylic acids is 2. The van der Waals surface area contributed by atoms with Crippen LogP contribution in [0.15, 0.2) is 77.7 Å². The highest BCUT2D eigenvalue weighted by Gasteiger charge is 2.29. The molecule has 0 bridgehead atoms. The van der Waals surface area contributed by atoms with E-state index in [0.717, 1.165) is 16.7 Å². The quantitative estimate of drug-likeness (QED) is 0.509. The van der Waals surface area contributed by atoms with Gasteiger partial charge in [-0.15, -0.1) is 0 Å². The first kappa shape index (κ1) is 26.2. The third-order valence-electron chi connectivity index (χ3n) is 5.99. The molecule has 0 saturated carbocycles. The van der Waals surface area contributed by atoms with Crippen LogP contribution in [0.1, 0.15) is 10.4 Å². The van der Waals surface area contributed by atoms with Crippen molar-refractivity contribution in [2.24, 2.45) is 0 Å². The van der Waals surface area contributed by atoms with Crippen LogP contribution in [0, 0.1) is 11.6 Å². The van der Waals surface area contributed by atoms with Crippen molar-refractivity contribution in [3.8, 4) is 0 Å². The molecule has 1 aliphatic rings. The summed E-state index contributed by atoms with van der Waals surface area (Å²) in [5.74, 6) is -1.90. The van der Waals surface area contributed by atoms with Crippen molar-refractivity contribution in [1.29, 1.82) is 0 Å². The summed E-state index contributed by atoms with van der Waals surface area (Å²) in [5.41, 5.74) is 1.20. The lowest BCUT2D eigenvalue weighted by Gasteiger charge is -2.35. The van der Waals surface area contributed by atoms with Gasteiger partial charge in [0.1, 0.15) is 11.6 Å². The van der Waals surface area contributed by atoms with Gasteiger partial charge in [-0.3, -0.25) is 9.59 Å². The summed E-state index contributed by atoms with van der Waals surface area (Å²) in [5, 5.41) is 2.52. The number of nitrogens with one attached hydrogen (secondary N) is 1. The van der Waals surface area contributed by atoms with Gasteiger partial charge in [-0.1, -0.05) is 12.1 Å². The summed E-state index contributed by atoms with van der Waals surface area (Å²) >= 11 is 0. The molecule has 0 aliphatic carbocycles. The van der Waals surface area contributed by atoms with E-state index < -0.39 is 27.7 Å². The molecule has 0 unspecified atom stereocenters. The zero-order chi connectivity index (χ0) is 26.6. The molecule has 0 aromatic heterocycles. The van der Waals surface area contributed by atoms with Crippen molar-refractivity contribution in [3.05, 3.63) is 90.0 Å². The molecule has 8 nitrogen and oxygen atoms in total. The van der Waals surface area contributed by atoms with E-state index in [0.29, 0.717) is 13.1 Å². The maximum Gasteiger partial charge on any atom is 0.254 e. The Hall–Kier alpha value is -3.83. The molecule has 11 heteroatoms. The van der Waals surface area contributed by atoms with Gasteiger partial charge in [0.2, 0.25) is 15.9 Å². The van der Waals surface area contributed by atoms with E-state index in [1.165, 1.54) is 66.0 Å². The van der Waals surface area contributed by atoms with Gasteiger partial charge in [0.15, 0.2) is 0 Å². The lowest BCUT2D eigenvalue weighted by Crippen LogP contribution is -2.48. The Balaban J connectivity index is 1.39. The highest BCUT2D eigenvalue weighted by atomic mass is 32.2. The minimum Gasteiger partial charge on any atom is -0.369 e. The van der Waals surface area contributed by atoms with Crippen molar-refractivity contribution in [2.75, 3.05) is 50.0 Å². The fraction of sp³-hybridized carbons (Fsp3) is 0.231. The normalized spacial score (nSPS) is 14.3.